The molecule has 2 heteroatoms. The summed E-state index contributed by atoms with van der Waals surface area (Å²) >= 11 is 0. The molecule has 0 aliphatic carbocycles. The minimum Gasteiger partial charge on any atom is -0.368 e. The maximum atomic E-state index is 6.05. The Morgan fingerprint density at radius 3 is 2.22 bits per heavy atom. The minimum absolute atomic E-state index is 0.185. The maximum absolute atomic E-state index is 6.05. The van der Waals surface area contributed by atoms with Crippen LogP contribution in [0.15, 0.2) is 24.3 Å². The second-order valence-corrected chi connectivity index (χ2v) is 6.40. The molecule has 100 valence electrons. The third kappa shape index (κ3) is 2.93. The van der Waals surface area contributed by atoms with Crippen molar-refractivity contribution in [2.45, 2.75) is 58.3 Å². The smallest absolute Gasteiger partial charge is 0.0953 e. The Morgan fingerprint density at radius 1 is 1.11 bits per heavy atom. The van der Waals surface area contributed by atoms with E-state index in [-0.39, 0.29) is 17.6 Å². The van der Waals surface area contributed by atoms with Crippen molar-refractivity contribution in [2.24, 2.45) is 0 Å². The molecule has 3 unspecified atom stereocenters. The summed E-state index contributed by atoms with van der Waals surface area (Å²) in [6, 6.07) is 9.30. The average Bonchev–Trinajstić information content (AvgIpc) is 2.32. The third-order valence-corrected chi connectivity index (χ3v) is 3.86. The predicted molar refractivity (Wildman–Crippen MR) is 75.9 cm³/mol. The molecule has 1 fully saturated rings. The highest BCUT2D eigenvalue weighted by molar-refractivity contribution is 5.29. The van der Waals surface area contributed by atoms with Crippen LogP contribution in [0.25, 0.3) is 0 Å². The van der Waals surface area contributed by atoms with E-state index < -0.39 is 0 Å². The van der Waals surface area contributed by atoms with Gasteiger partial charge in [-0.05, 0) is 30.4 Å². The summed E-state index contributed by atoms with van der Waals surface area (Å²) in [5.41, 5.74) is 2.86. The Morgan fingerprint density at radius 2 is 1.72 bits per heavy atom. The molecule has 1 heterocycles. The fraction of sp³-hybridized carbons (Fsp3) is 0.625. The summed E-state index contributed by atoms with van der Waals surface area (Å²) in [7, 11) is 0. The lowest BCUT2D eigenvalue weighted by Crippen LogP contribution is -2.46. The van der Waals surface area contributed by atoms with E-state index >= 15 is 0 Å². The van der Waals surface area contributed by atoms with Crippen molar-refractivity contribution in [3.05, 3.63) is 35.4 Å². The highest BCUT2D eigenvalue weighted by Gasteiger charge is 2.25. The molecule has 0 spiro atoms. The van der Waals surface area contributed by atoms with Crippen molar-refractivity contribution in [3.8, 4) is 0 Å². The topological polar surface area (TPSA) is 21.3 Å². The van der Waals surface area contributed by atoms with Gasteiger partial charge >= 0.3 is 0 Å². The minimum atomic E-state index is 0.185. The van der Waals surface area contributed by atoms with Crippen molar-refractivity contribution < 1.29 is 4.74 Å². The van der Waals surface area contributed by atoms with Gasteiger partial charge in [-0.2, -0.15) is 0 Å². The van der Waals surface area contributed by atoms with Gasteiger partial charge in [-0.1, -0.05) is 45.0 Å². The molecule has 0 aromatic heterocycles. The van der Waals surface area contributed by atoms with E-state index in [4.69, 9.17) is 4.74 Å². The van der Waals surface area contributed by atoms with Crippen LogP contribution in [-0.2, 0) is 10.2 Å². The van der Waals surface area contributed by atoms with E-state index in [9.17, 15) is 0 Å². The van der Waals surface area contributed by atoms with Crippen LogP contribution in [0.5, 0.6) is 0 Å². The van der Waals surface area contributed by atoms with Crippen molar-refractivity contribution in [2.75, 3.05) is 6.54 Å². The zero-order valence-corrected chi connectivity index (χ0v) is 12.2. The van der Waals surface area contributed by atoms with Crippen LogP contribution in [0.2, 0.25) is 0 Å². The van der Waals surface area contributed by atoms with Crippen LogP contribution < -0.4 is 5.32 Å². The zero-order valence-electron chi connectivity index (χ0n) is 12.2. The van der Waals surface area contributed by atoms with Gasteiger partial charge in [0.25, 0.3) is 0 Å². The Labute approximate surface area is 111 Å². The number of rotatable bonds is 1. The SMILES string of the molecule is CC1NCC(c2ccc(C(C)(C)C)cc2)OC1C. The number of nitrogens with one attached hydrogen (secondary N) is 1. The van der Waals surface area contributed by atoms with Crippen LogP contribution in [-0.4, -0.2) is 18.7 Å². The molecule has 2 nitrogen and oxygen atoms in total. The Bertz CT molecular complexity index is 391. The van der Waals surface area contributed by atoms with Gasteiger partial charge in [0.2, 0.25) is 0 Å². The van der Waals surface area contributed by atoms with E-state index in [1.807, 2.05) is 0 Å². The van der Waals surface area contributed by atoms with Crippen LogP contribution in [0, 0.1) is 0 Å². The van der Waals surface area contributed by atoms with Gasteiger partial charge in [0, 0.05) is 12.6 Å². The molecule has 1 aromatic rings. The zero-order chi connectivity index (χ0) is 13.3. The molecule has 1 aliphatic rings. The van der Waals surface area contributed by atoms with Crippen molar-refractivity contribution in [3.63, 3.8) is 0 Å². The van der Waals surface area contributed by atoms with Gasteiger partial charge in [-0.3, -0.25) is 0 Å². The Kier molecular flexibility index (Phi) is 3.79. The van der Waals surface area contributed by atoms with E-state index in [2.05, 4.69) is 64.2 Å². The van der Waals surface area contributed by atoms with Crippen molar-refractivity contribution >= 4 is 0 Å². The number of ether oxygens (including phenoxy) is 1. The largest absolute Gasteiger partial charge is 0.368 e. The standard InChI is InChI=1S/C16H25NO/c1-11-12(2)18-15(10-17-11)13-6-8-14(9-7-13)16(3,4)5/h6-9,11-12,15,17H,10H2,1-5H3. The second-order valence-electron chi connectivity index (χ2n) is 6.40. The third-order valence-electron chi connectivity index (χ3n) is 3.86. The first-order valence-corrected chi connectivity index (χ1v) is 6.87. The Balaban J connectivity index is 2.11. The molecule has 1 N–H and O–H groups in total. The quantitative estimate of drug-likeness (QED) is 0.821. The second kappa shape index (κ2) is 5.02. The number of benzene rings is 1. The van der Waals surface area contributed by atoms with E-state index in [1.165, 1.54) is 11.1 Å². The number of morpholine rings is 1. The summed E-state index contributed by atoms with van der Waals surface area (Å²) in [5.74, 6) is 0. The lowest BCUT2D eigenvalue weighted by Gasteiger charge is -2.34. The molecule has 18 heavy (non-hydrogen) atoms. The average molecular weight is 247 g/mol. The van der Waals surface area contributed by atoms with E-state index in [1.54, 1.807) is 0 Å². The van der Waals surface area contributed by atoms with Gasteiger partial charge in [0.15, 0.2) is 0 Å². The van der Waals surface area contributed by atoms with Crippen molar-refractivity contribution in [1.29, 1.82) is 0 Å². The number of hydrogen-bond acceptors (Lipinski definition) is 2. The molecule has 1 aliphatic heterocycles. The summed E-state index contributed by atoms with van der Waals surface area (Å²) in [5, 5.41) is 3.50. The van der Waals surface area contributed by atoms with Crippen LogP contribution in [0.1, 0.15) is 51.8 Å². The first kappa shape index (κ1) is 13.6. The van der Waals surface area contributed by atoms with Gasteiger partial charge in [0.05, 0.1) is 12.2 Å². The summed E-state index contributed by atoms with van der Waals surface area (Å²) in [4.78, 5) is 0. The fourth-order valence-electron chi connectivity index (χ4n) is 2.28. The lowest BCUT2D eigenvalue weighted by molar-refractivity contribution is -0.0508. The molecule has 2 rings (SSSR count). The van der Waals surface area contributed by atoms with E-state index in [0.29, 0.717) is 6.04 Å². The monoisotopic (exact) mass is 247 g/mol. The summed E-state index contributed by atoms with van der Waals surface area (Å²) in [6.45, 7) is 11.9. The summed E-state index contributed by atoms with van der Waals surface area (Å²) in [6.07, 6.45) is 0.455. The Hall–Kier alpha value is -0.860. The van der Waals surface area contributed by atoms with Gasteiger partial charge < -0.3 is 10.1 Å². The lowest BCUT2D eigenvalue weighted by atomic mass is 9.86. The van der Waals surface area contributed by atoms with Gasteiger partial charge in [-0.25, -0.2) is 0 Å². The first-order valence-electron chi connectivity index (χ1n) is 6.87. The van der Waals surface area contributed by atoms with E-state index in [0.717, 1.165) is 6.54 Å². The molecule has 1 saturated heterocycles. The molecule has 0 saturated carbocycles. The molecule has 3 atom stereocenters. The van der Waals surface area contributed by atoms with Crippen LogP contribution >= 0.6 is 0 Å². The first-order chi connectivity index (χ1) is 8.38. The van der Waals surface area contributed by atoms with Gasteiger partial charge in [-0.15, -0.1) is 0 Å². The normalized spacial score (nSPS) is 29.3. The fourth-order valence-corrected chi connectivity index (χ4v) is 2.28. The highest BCUT2D eigenvalue weighted by Crippen LogP contribution is 2.27. The van der Waals surface area contributed by atoms with Gasteiger partial charge in [0.1, 0.15) is 0 Å². The highest BCUT2D eigenvalue weighted by atomic mass is 16.5. The molecule has 0 amide bonds. The van der Waals surface area contributed by atoms with Crippen molar-refractivity contribution in [1.82, 2.24) is 5.32 Å². The summed E-state index contributed by atoms with van der Waals surface area (Å²) < 4.78 is 6.05. The molecular formula is C16H25NO. The van der Waals surface area contributed by atoms with Crippen LogP contribution in [0.4, 0.5) is 0 Å². The maximum Gasteiger partial charge on any atom is 0.0953 e. The molecule has 0 radical (unpaired) electrons. The molecule has 1 aromatic carbocycles. The molecular weight excluding hydrogens is 222 g/mol. The number of hydrogen-bond donors (Lipinski definition) is 1. The van der Waals surface area contributed by atoms with Crippen LogP contribution in [0.3, 0.4) is 0 Å². The molecule has 0 bridgehead atoms. The predicted octanol–water partition coefficient (Wildman–Crippen LogP) is 3.42.